The molecule has 1 aliphatic heterocycles. The summed E-state index contributed by atoms with van der Waals surface area (Å²) >= 11 is 0. The van der Waals surface area contributed by atoms with Crippen molar-refractivity contribution in [2.45, 2.75) is 89.4 Å². The fourth-order valence-electron chi connectivity index (χ4n) is 3.83. The molecule has 5 unspecified atom stereocenters. The van der Waals surface area contributed by atoms with Crippen LogP contribution < -0.4 is 22.1 Å². The van der Waals surface area contributed by atoms with E-state index in [2.05, 4.69) is 10.6 Å². The van der Waals surface area contributed by atoms with Gasteiger partial charge in [-0.25, -0.2) is 4.79 Å². The van der Waals surface area contributed by atoms with E-state index in [1.165, 1.54) is 0 Å². The summed E-state index contributed by atoms with van der Waals surface area (Å²) in [7, 11) is 0. The third kappa shape index (κ3) is 8.90. The molecule has 3 amide bonds. The highest BCUT2D eigenvalue weighted by atomic mass is 16.4. The average Bonchev–Trinajstić information content (AvgIpc) is 3.29. The van der Waals surface area contributed by atoms with Crippen LogP contribution in [-0.2, 0) is 24.0 Å². The summed E-state index contributed by atoms with van der Waals surface area (Å²) in [6.45, 7) is 4.32. The van der Waals surface area contributed by atoms with Gasteiger partial charge < -0.3 is 37.2 Å². The van der Waals surface area contributed by atoms with Crippen molar-refractivity contribution in [3.8, 4) is 0 Å². The number of amides is 3. The zero-order valence-electron chi connectivity index (χ0n) is 20.0. The highest BCUT2D eigenvalue weighted by molar-refractivity contribution is 5.94. The molecule has 12 nitrogen and oxygen atoms in total. The molecule has 34 heavy (non-hydrogen) atoms. The molecule has 0 radical (unpaired) electrons. The van der Waals surface area contributed by atoms with Crippen molar-refractivity contribution in [3.05, 3.63) is 0 Å². The molecule has 1 saturated heterocycles. The van der Waals surface area contributed by atoms with E-state index >= 15 is 0 Å². The minimum atomic E-state index is -1.24. The maximum atomic E-state index is 13.1. The number of aliphatic carboxylic acids is 2. The maximum Gasteiger partial charge on any atom is 0.326 e. The van der Waals surface area contributed by atoms with E-state index in [0.29, 0.717) is 32.2 Å². The summed E-state index contributed by atoms with van der Waals surface area (Å²) in [4.78, 5) is 62.5. The first-order valence-electron chi connectivity index (χ1n) is 11.8. The smallest absolute Gasteiger partial charge is 0.326 e. The van der Waals surface area contributed by atoms with Crippen LogP contribution in [0.5, 0.6) is 0 Å². The molecule has 5 atom stereocenters. The lowest BCUT2D eigenvalue weighted by molar-refractivity contribution is -0.150. The van der Waals surface area contributed by atoms with E-state index in [-0.39, 0.29) is 31.7 Å². The number of hydrogen-bond donors (Lipinski definition) is 6. The van der Waals surface area contributed by atoms with Crippen LogP contribution in [0, 0.1) is 5.92 Å². The molecule has 8 N–H and O–H groups in total. The number of carboxylic acids is 2. The second-order valence-corrected chi connectivity index (χ2v) is 8.78. The molecular weight excluding hydrogens is 446 g/mol. The van der Waals surface area contributed by atoms with E-state index < -0.39 is 60.2 Å². The summed E-state index contributed by atoms with van der Waals surface area (Å²) in [6.07, 6.45) is 2.25. The second-order valence-electron chi connectivity index (χ2n) is 8.78. The zero-order valence-corrected chi connectivity index (χ0v) is 20.0. The van der Waals surface area contributed by atoms with Gasteiger partial charge >= 0.3 is 11.9 Å². The molecule has 12 heteroatoms. The Morgan fingerprint density at radius 1 is 1.03 bits per heavy atom. The van der Waals surface area contributed by atoms with Gasteiger partial charge in [-0.15, -0.1) is 0 Å². The Morgan fingerprint density at radius 2 is 1.68 bits per heavy atom. The Balaban J connectivity index is 3.03. The normalized spacial score (nSPS) is 19.1. The van der Waals surface area contributed by atoms with Crippen LogP contribution in [0.3, 0.4) is 0 Å². The summed E-state index contributed by atoms with van der Waals surface area (Å²) in [6, 6.07) is -4.07. The molecule has 1 rings (SSSR count). The molecule has 0 aromatic carbocycles. The van der Waals surface area contributed by atoms with Crippen molar-refractivity contribution in [1.29, 1.82) is 0 Å². The van der Waals surface area contributed by atoms with Gasteiger partial charge in [0.25, 0.3) is 0 Å². The van der Waals surface area contributed by atoms with Crippen LogP contribution >= 0.6 is 0 Å². The van der Waals surface area contributed by atoms with Crippen molar-refractivity contribution in [3.63, 3.8) is 0 Å². The fourth-order valence-corrected chi connectivity index (χ4v) is 3.83. The number of nitrogens with zero attached hydrogens (tertiary/aromatic N) is 1. The van der Waals surface area contributed by atoms with Crippen LogP contribution in [-0.4, -0.2) is 82.0 Å². The van der Waals surface area contributed by atoms with Gasteiger partial charge in [-0.3, -0.25) is 19.2 Å². The van der Waals surface area contributed by atoms with Gasteiger partial charge in [-0.05, 0) is 51.0 Å². The van der Waals surface area contributed by atoms with Crippen LogP contribution in [0.4, 0.5) is 0 Å². The number of nitrogens with one attached hydrogen (secondary N) is 2. The van der Waals surface area contributed by atoms with Crippen molar-refractivity contribution in [2.24, 2.45) is 17.4 Å². The van der Waals surface area contributed by atoms with Crippen LogP contribution in [0.2, 0.25) is 0 Å². The van der Waals surface area contributed by atoms with Crippen molar-refractivity contribution in [2.75, 3.05) is 13.1 Å². The molecule has 1 heterocycles. The minimum Gasteiger partial charge on any atom is -0.481 e. The minimum absolute atomic E-state index is 0.110. The Morgan fingerprint density at radius 3 is 2.24 bits per heavy atom. The topological polar surface area (TPSA) is 205 Å². The van der Waals surface area contributed by atoms with Gasteiger partial charge in [-0.1, -0.05) is 20.3 Å². The largest absolute Gasteiger partial charge is 0.481 e. The molecular formula is C22H39N5O7. The molecule has 0 aromatic rings. The van der Waals surface area contributed by atoms with E-state index in [9.17, 15) is 29.1 Å². The number of unbranched alkanes of at least 4 members (excludes halogenated alkanes) is 1. The van der Waals surface area contributed by atoms with Gasteiger partial charge in [0, 0.05) is 13.0 Å². The molecule has 0 bridgehead atoms. The van der Waals surface area contributed by atoms with E-state index in [1.54, 1.807) is 0 Å². The van der Waals surface area contributed by atoms with Gasteiger partial charge in [0.2, 0.25) is 17.7 Å². The quantitative estimate of drug-likeness (QED) is 0.163. The monoisotopic (exact) mass is 485 g/mol. The third-order valence-corrected chi connectivity index (χ3v) is 6.22. The Bertz CT molecular complexity index is 732. The molecule has 0 aliphatic carbocycles. The van der Waals surface area contributed by atoms with Crippen LogP contribution in [0.15, 0.2) is 0 Å². The van der Waals surface area contributed by atoms with Crippen molar-refractivity contribution in [1.82, 2.24) is 15.5 Å². The van der Waals surface area contributed by atoms with Crippen molar-refractivity contribution < 1.29 is 34.2 Å². The van der Waals surface area contributed by atoms with Crippen LogP contribution in [0.1, 0.15) is 65.2 Å². The lowest BCUT2D eigenvalue weighted by Crippen LogP contribution is -2.57. The second kappa shape index (κ2) is 14.5. The summed E-state index contributed by atoms with van der Waals surface area (Å²) in [5.74, 6) is -4.23. The van der Waals surface area contributed by atoms with E-state index in [4.69, 9.17) is 16.6 Å². The van der Waals surface area contributed by atoms with Gasteiger partial charge in [-0.2, -0.15) is 0 Å². The lowest BCUT2D eigenvalue weighted by atomic mass is 9.98. The van der Waals surface area contributed by atoms with Gasteiger partial charge in [0.1, 0.15) is 18.1 Å². The Hall–Kier alpha value is -2.73. The first-order chi connectivity index (χ1) is 16.0. The van der Waals surface area contributed by atoms with Gasteiger partial charge in [0.05, 0.1) is 6.04 Å². The highest BCUT2D eigenvalue weighted by Gasteiger charge is 2.38. The average molecular weight is 486 g/mol. The highest BCUT2D eigenvalue weighted by Crippen LogP contribution is 2.20. The molecule has 0 spiro atoms. The number of nitrogens with two attached hydrogens (primary N) is 2. The lowest BCUT2D eigenvalue weighted by Gasteiger charge is -2.29. The van der Waals surface area contributed by atoms with E-state index in [0.717, 1.165) is 4.90 Å². The molecule has 1 aliphatic rings. The number of likely N-dealkylation sites (tertiary alicyclic amines) is 1. The molecule has 1 fully saturated rings. The standard InChI is InChI=1S/C22H39N5O7/c1-3-13(2)18(24)20(31)25-14(7-4-5-11-23)19(30)26-15(9-10-17(28)29)21(32)27-12-6-8-16(27)22(33)34/h13-16,18H,3-12,23-24H2,1-2H3,(H,25,31)(H,26,30)(H,28,29)(H,33,34). The molecule has 0 saturated carbocycles. The first kappa shape index (κ1) is 29.3. The summed E-state index contributed by atoms with van der Waals surface area (Å²) in [5.41, 5.74) is 11.5. The Kier molecular flexibility index (Phi) is 12.5. The number of carbonyl (C=O) groups is 5. The summed E-state index contributed by atoms with van der Waals surface area (Å²) < 4.78 is 0. The van der Waals surface area contributed by atoms with Crippen molar-refractivity contribution >= 4 is 29.7 Å². The number of hydrogen-bond acceptors (Lipinski definition) is 7. The molecule has 0 aromatic heterocycles. The third-order valence-electron chi connectivity index (χ3n) is 6.22. The van der Waals surface area contributed by atoms with Crippen LogP contribution in [0.25, 0.3) is 0 Å². The predicted octanol–water partition coefficient (Wildman–Crippen LogP) is -0.601. The molecule has 194 valence electrons. The zero-order chi connectivity index (χ0) is 25.8. The van der Waals surface area contributed by atoms with E-state index in [1.807, 2.05) is 13.8 Å². The summed E-state index contributed by atoms with van der Waals surface area (Å²) in [5, 5.41) is 23.7. The van der Waals surface area contributed by atoms with Gasteiger partial charge in [0.15, 0.2) is 0 Å². The fraction of sp³-hybridized carbons (Fsp3) is 0.773. The first-order valence-corrected chi connectivity index (χ1v) is 11.8. The Labute approximate surface area is 199 Å². The maximum absolute atomic E-state index is 13.1. The number of carbonyl (C=O) groups excluding carboxylic acids is 3. The predicted molar refractivity (Wildman–Crippen MR) is 123 cm³/mol. The number of carboxylic acid groups (broad SMARTS) is 2. The SMILES string of the molecule is CCC(C)C(N)C(=O)NC(CCCCN)C(=O)NC(CCC(=O)O)C(=O)N1CCCC1C(=O)O. The number of rotatable bonds is 15.